The fourth-order valence-corrected chi connectivity index (χ4v) is 4.54. The first-order valence-electron chi connectivity index (χ1n) is 11.1. The SMILES string of the molecule is Cn1ccnc1SCc1ccc(OC(=O)N2CCC(COc3ccc(C(=O)O)cc3)CC2)cc1. The predicted octanol–water partition coefficient (Wildman–Crippen LogP) is 4.70. The van der Waals surface area contributed by atoms with Crippen molar-refractivity contribution in [2.24, 2.45) is 13.0 Å². The highest BCUT2D eigenvalue weighted by Gasteiger charge is 2.24. The summed E-state index contributed by atoms with van der Waals surface area (Å²) in [6.07, 6.45) is 5.01. The van der Waals surface area contributed by atoms with E-state index < -0.39 is 5.97 Å². The Bertz CT molecular complexity index is 1110. The molecule has 1 amide bonds. The number of carboxylic acid groups (broad SMARTS) is 1. The molecule has 0 unspecified atom stereocenters. The van der Waals surface area contributed by atoms with E-state index in [0.717, 1.165) is 29.3 Å². The monoisotopic (exact) mass is 481 g/mol. The van der Waals surface area contributed by atoms with Crippen LogP contribution in [0.25, 0.3) is 0 Å². The molecule has 0 saturated carbocycles. The van der Waals surface area contributed by atoms with Crippen LogP contribution in [-0.4, -0.2) is 51.3 Å². The summed E-state index contributed by atoms with van der Waals surface area (Å²) >= 11 is 1.66. The highest BCUT2D eigenvalue weighted by molar-refractivity contribution is 7.98. The topological polar surface area (TPSA) is 93.9 Å². The minimum atomic E-state index is -0.957. The molecule has 0 spiro atoms. The molecule has 1 saturated heterocycles. The van der Waals surface area contributed by atoms with Crippen molar-refractivity contribution in [3.05, 3.63) is 72.1 Å². The third-order valence-corrected chi connectivity index (χ3v) is 6.86. The summed E-state index contributed by atoms with van der Waals surface area (Å²) in [5, 5.41) is 9.92. The second-order valence-corrected chi connectivity index (χ2v) is 9.13. The van der Waals surface area contributed by atoms with Crippen LogP contribution in [0, 0.1) is 5.92 Å². The summed E-state index contributed by atoms with van der Waals surface area (Å²) < 4.78 is 13.3. The Morgan fingerprint density at radius 1 is 1.06 bits per heavy atom. The van der Waals surface area contributed by atoms with Gasteiger partial charge < -0.3 is 24.0 Å². The molecule has 1 aromatic heterocycles. The molecular weight excluding hydrogens is 454 g/mol. The molecule has 2 heterocycles. The molecule has 178 valence electrons. The van der Waals surface area contributed by atoms with Crippen LogP contribution in [0.4, 0.5) is 4.79 Å². The van der Waals surface area contributed by atoms with Crippen LogP contribution in [0.2, 0.25) is 0 Å². The maximum Gasteiger partial charge on any atom is 0.415 e. The molecular formula is C25H27N3O5S. The van der Waals surface area contributed by atoms with Crippen molar-refractivity contribution < 1.29 is 24.2 Å². The number of thioether (sulfide) groups is 1. The average molecular weight is 482 g/mol. The molecule has 1 aliphatic rings. The Kier molecular flexibility index (Phi) is 7.74. The number of piperidine rings is 1. The van der Waals surface area contributed by atoms with Gasteiger partial charge >= 0.3 is 12.1 Å². The van der Waals surface area contributed by atoms with Crippen LogP contribution < -0.4 is 9.47 Å². The van der Waals surface area contributed by atoms with E-state index in [1.807, 2.05) is 42.1 Å². The second-order valence-electron chi connectivity index (χ2n) is 8.19. The van der Waals surface area contributed by atoms with E-state index in [1.54, 1.807) is 35.0 Å². The minimum absolute atomic E-state index is 0.233. The first-order valence-corrected chi connectivity index (χ1v) is 12.1. The fourth-order valence-electron chi connectivity index (χ4n) is 3.65. The maximum absolute atomic E-state index is 12.6. The number of ether oxygens (including phenoxy) is 2. The van der Waals surface area contributed by atoms with Crippen molar-refractivity contribution in [2.45, 2.75) is 23.8 Å². The number of nitrogens with zero attached hydrogens (tertiary/aromatic N) is 3. The van der Waals surface area contributed by atoms with Gasteiger partial charge in [0.15, 0.2) is 5.16 Å². The number of imidazole rings is 1. The number of aryl methyl sites for hydroxylation is 1. The second kappa shape index (κ2) is 11.1. The van der Waals surface area contributed by atoms with Crippen molar-refractivity contribution in [3.8, 4) is 11.5 Å². The van der Waals surface area contributed by atoms with Crippen LogP contribution in [0.5, 0.6) is 11.5 Å². The van der Waals surface area contributed by atoms with Crippen LogP contribution in [0.1, 0.15) is 28.8 Å². The molecule has 0 radical (unpaired) electrons. The van der Waals surface area contributed by atoms with Crippen LogP contribution in [-0.2, 0) is 12.8 Å². The molecule has 4 rings (SSSR count). The van der Waals surface area contributed by atoms with Crippen molar-refractivity contribution in [1.29, 1.82) is 0 Å². The summed E-state index contributed by atoms with van der Waals surface area (Å²) in [7, 11) is 1.97. The molecule has 0 atom stereocenters. The van der Waals surface area contributed by atoms with E-state index in [1.165, 1.54) is 12.1 Å². The van der Waals surface area contributed by atoms with Gasteiger partial charge in [0.2, 0.25) is 0 Å². The van der Waals surface area contributed by atoms with E-state index in [4.69, 9.17) is 14.6 Å². The van der Waals surface area contributed by atoms with Crippen LogP contribution in [0.15, 0.2) is 66.1 Å². The Morgan fingerprint density at radius 2 is 1.74 bits per heavy atom. The predicted molar refractivity (Wildman–Crippen MR) is 128 cm³/mol. The number of likely N-dealkylation sites (tertiary alicyclic amines) is 1. The van der Waals surface area contributed by atoms with Gasteiger partial charge in [-0.3, -0.25) is 0 Å². The van der Waals surface area contributed by atoms with Gasteiger partial charge in [0.25, 0.3) is 0 Å². The molecule has 0 aliphatic carbocycles. The first kappa shape index (κ1) is 23.7. The number of carbonyl (C=O) groups excluding carboxylic acids is 1. The molecule has 34 heavy (non-hydrogen) atoms. The lowest BCUT2D eigenvalue weighted by molar-refractivity contribution is 0.0696. The van der Waals surface area contributed by atoms with Gasteiger partial charge in [-0.05, 0) is 60.7 Å². The number of carbonyl (C=O) groups is 2. The largest absolute Gasteiger partial charge is 0.493 e. The quantitative estimate of drug-likeness (QED) is 0.466. The van der Waals surface area contributed by atoms with Crippen molar-refractivity contribution in [2.75, 3.05) is 19.7 Å². The molecule has 8 nitrogen and oxygen atoms in total. The van der Waals surface area contributed by atoms with E-state index in [0.29, 0.717) is 37.1 Å². The Hall–Kier alpha value is -3.46. The Morgan fingerprint density at radius 3 is 2.35 bits per heavy atom. The van der Waals surface area contributed by atoms with Crippen LogP contribution in [0.3, 0.4) is 0 Å². The highest BCUT2D eigenvalue weighted by Crippen LogP contribution is 2.24. The zero-order valence-electron chi connectivity index (χ0n) is 18.9. The summed E-state index contributed by atoms with van der Waals surface area (Å²) in [6.45, 7) is 1.76. The van der Waals surface area contributed by atoms with Gasteiger partial charge in [-0.15, -0.1) is 0 Å². The van der Waals surface area contributed by atoms with Crippen molar-refractivity contribution in [3.63, 3.8) is 0 Å². The molecule has 1 N–H and O–H groups in total. The number of benzene rings is 2. The maximum atomic E-state index is 12.6. The third kappa shape index (κ3) is 6.32. The lowest BCUT2D eigenvalue weighted by Crippen LogP contribution is -2.41. The number of hydrogen-bond acceptors (Lipinski definition) is 6. The summed E-state index contributed by atoms with van der Waals surface area (Å²) in [5.74, 6) is 1.35. The van der Waals surface area contributed by atoms with Crippen molar-refractivity contribution >= 4 is 23.8 Å². The normalized spacial score (nSPS) is 14.1. The van der Waals surface area contributed by atoms with E-state index in [9.17, 15) is 9.59 Å². The number of hydrogen-bond donors (Lipinski definition) is 1. The number of aromatic nitrogens is 2. The number of rotatable bonds is 8. The van der Waals surface area contributed by atoms with Gasteiger partial charge in [0.05, 0.1) is 12.2 Å². The zero-order chi connectivity index (χ0) is 23.9. The zero-order valence-corrected chi connectivity index (χ0v) is 19.7. The third-order valence-electron chi connectivity index (χ3n) is 5.73. The molecule has 1 fully saturated rings. The molecule has 9 heteroatoms. The average Bonchev–Trinajstić information content (AvgIpc) is 3.27. The first-order chi connectivity index (χ1) is 16.5. The molecule has 3 aromatic rings. The number of amides is 1. The smallest absolute Gasteiger partial charge is 0.415 e. The fraction of sp³-hybridized carbons (Fsp3) is 0.320. The van der Waals surface area contributed by atoms with Gasteiger partial charge in [0, 0.05) is 38.3 Å². The van der Waals surface area contributed by atoms with Crippen LogP contribution >= 0.6 is 11.8 Å². The van der Waals surface area contributed by atoms with Gasteiger partial charge in [-0.1, -0.05) is 23.9 Å². The number of carboxylic acids is 1. The van der Waals surface area contributed by atoms with Crippen molar-refractivity contribution in [1.82, 2.24) is 14.5 Å². The lowest BCUT2D eigenvalue weighted by Gasteiger charge is -2.31. The molecule has 0 bridgehead atoms. The highest BCUT2D eigenvalue weighted by atomic mass is 32.2. The molecule has 2 aromatic carbocycles. The van der Waals surface area contributed by atoms with E-state index >= 15 is 0 Å². The van der Waals surface area contributed by atoms with Gasteiger partial charge in [0.1, 0.15) is 11.5 Å². The van der Waals surface area contributed by atoms with E-state index in [2.05, 4.69) is 4.98 Å². The number of aromatic carboxylic acids is 1. The lowest BCUT2D eigenvalue weighted by atomic mass is 9.98. The standard InChI is InChI=1S/C25H27N3O5S/c1-27-15-12-26-24(27)34-17-19-2-6-22(7-3-19)33-25(31)28-13-10-18(11-14-28)16-32-21-8-4-20(5-9-21)23(29)30/h2-9,12,15,18H,10-11,13-14,16-17H2,1H3,(H,29,30). The van der Waals surface area contributed by atoms with Gasteiger partial charge in [-0.2, -0.15) is 0 Å². The summed E-state index contributed by atoms with van der Waals surface area (Å²) in [5.41, 5.74) is 1.36. The Labute approximate surface area is 202 Å². The van der Waals surface area contributed by atoms with Gasteiger partial charge in [-0.25, -0.2) is 14.6 Å². The van der Waals surface area contributed by atoms with E-state index in [-0.39, 0.29) is 11.7 Å². The minimum Gasteiger partial charge on any atom is -0.493 e. The summed E-state index contributed by atoms with van der Waals surface area (Å²) in [6, 6.07) is 14.0. The Balaban J connectivity index is 1.18. The summed E-state index contributed by atoms with van der Waals surface area (Å²) in [4.78, 5) is 29.5. The molecule has 1 aliphatic heterocycles.